The summed E-state index contributed by atoms with van der Waals surface area (Å²) in [5, 5.41) is 3.34. The largest absolute Gasteiger partial charge is 0.493 e. The normalized spacial score (nSPS) is 15.4. The molecule has 1 N–H and O–H groups in total. The topological polar surface area (TPSA) is 30.5 Å². The van der Waals surface area contributed by atoms with Crippen molar-refractivity contribution in [3.8, 4) is 5.75 Å². The molecule has 100 valence electrons. The van der Waals surface area contributed by atoms with Gasteiger partial charge in [0.25, 0.3) is 0 Å². The lowest BCUT2D eigenvalue weighted by atomic mass is 9.86. The van der Waals surface area contributed by atoms with E-state index in [-0.39, 0.29) is 0 Å². The molecule has 0 atom stereocenters. The summed E-state index contributed by atoms with van der Waals surface area (Å²) in [7, 11) is 1.72. The van der Waals surface area contributed by atoms with Gasteiger partial charge in [0.2, 0.25) is 0 Å². The summed E-state index contributed by atoms with van der Waals surface area (Å²) in [5.74, 6) is 1.78. The van der Waals surface area contributed by atoms with Crippen molar-refractivity contribution >= 4 is 0 Å². The van der Waals surface area contributed by atoms with Gasteiger partial charge in [-0.1, -0.05) is 18.6 Å². The van der Waals surface area contributed by atoms with Crippen LogP contribution in [0.15, 0.2) is 24.3 Å². The van der Waals surface area contributed by atoms with Crippen molar-refractivity contribution in [1.82, 2.24) is 5.32 Å². The smallest absolute Gasteiger partial charge is 0.119 e. The van der Waals surface area contributed by atoms with E-state index in [9.17, 15) is 0 Å². The number of rotatable bonds is 8. The van der Waals surface area contributed by atoms with Gasteiger partial charge in [-0.3, -0.25) is 0 Å². The Morgan fingerprint density at radius 2 is 2.22 bits per heavy atom. The highest BCUT2D eigenvalue weighted by Gasteiger charge is 2.17. The zero-order valence-corrected chi connectivity index (χ0v) is 11.2. The molecular weight excluding hydrogens is 226 g/mol. The minimum absolute atomic E-state index is 0.748. The number of hydrogen-bond acceptors (Lipinski definition) is 3. The quantitative estimate of drug-likeness (QED) is 0.718. The highest BCUT2D eigenvalue weighted by Crippen LogP contribution is 2.27. The van der Waals surface area contributed by atoms with Gasteiger partial charge < -0.3 is 14.8 Å². The minimum Gasteiger partial charge on any atom is -0.493 e. The Morgan fingerprint density at radius 3 is 2.94 bits per heavy atom. The van der Waals surface area contributed by atoms with Crippen LogP contribution in [0.1, 0.15) is 24.8 Å². The predicted molar refractivity (Wildman–Crippen MR) is 72.9 cm³/mol. The first-order valence-electron chi connectivity index (χ1n) is 6.80. The molecule has 1 aliphatic rings. The Bertz CT molecular complexity index is 350. The van der Waals surface area contributed by atoms with Gasteiger partial charge >= 0.3 is 0 Å². The van der Waals surface area contributed by atoms with Crippen LogP contribution in [-0.2, 0) is 11.3 Å². The molecule has 0 aliphatic heterocycles. The molecule has 1 aliphatic carbocycles. The van der Waals surface area contributed by atoms with Crippen LogP contribution in [0.25, 0.3) is 0 Å². The van der Waals surface area contributed by atoms with Crippen LogP contribution in [0.5, 0.6) is 5.75 Å². The van der Waals surface area contributed by atoms with Crippen LogP contribution in [0.3, 0.4) is 0 Å². The molecule has 1 fully saturated rings. The van der Waals surface area contributed by atoms with Gasteiger partial charge in [0.15, 0.2) is 0 Å². The van der Waals surface area contributed by atoms with Gasteiger partial charge in [-0.25, -0.2) is 0 Å². The molecule has 1 saturated carbocycles. The van der Waals surface area contributed by atoms with Crippen molar-refractivity contribution in [2.75, 3.05) is 26.9 Å². The predicted octanol–water partition coefficient (Wildman–Crippen LogP) is 2.60. The first-order valence-corrected chi connectivity index (χ1v) is 6.80. The van der Waals surface area contributed by atoms with Crippen LogP contribution in [0.4, 0.5) is 0 Å². The summed E-state index contributed by atoms with van der Waals surface area (Å²) in [5.41, 5.74) is 1.26. The van der Waals surface area contributed by atoms with Crippen molar-refractivity contribution in [3.05, 3.63) is 29.8 Å². The fourth-order valence-electron chi connectivity index (χ4n) is 2.03. The molecule has 0 aromatic heterocycles. The van der Waals surface area contributed by atoms with Gasteiger partial charge in [0, 0.05) is 20.2 Å². The molecule has 0 heterocycles. The number of nitrogens with one attached hydrogen (secondary N) is 1. The maximum absolute atomic E-state index is 5.83. The lowest BCUT2D eigenvalue weighted by molar-refractivity contribution is 0.180. The molecule has 3 heteroatoms. The summed E-state index contributed by atoms with van der Waals surface area (Å²) in [6.45, 7) is 3.37. The monoisotopic (exact) mass is 249 g/mol. The molecule has 1 aromatic carbocycles. The van der Waals surface area contributed by atoms with Crippen molar-refractivity contribution in [2.24, 2.45) is 5.92 Å². The van der Waals surface area contributed by atoms with Crippen LogP contribution < -0.4 is 10.1 Å². The van der Waals surface area contributed by atoms with Crippen molar-refractivity contribution in [3.63, 3.8) is 0 Å². The van der Waals surface area contributed by atoms with E-state index in [0.29, 0.717) is 0 Å². The first-order chi connectivity index (χ1) is 8.88. The van der Waals surface area contributed by atoms with Gasteiger partial charge in [0.05, 0.1) is 13.2 Å². The molecule has 0 bridgehead atoms. The summed E-state index contributed by atoms with van der Waals surface area (Å²) in [4.78, 5) is 0. The fraction of sp³-hybridized carbons (Fsp3) is 0.600. The van der Waals surface area contributed by atoms with E-state index in [2.05, 4.69) is 23.5 Å². The molecule has 0 spiro atoms. The maximum Gasteiger partial charge on any atom is 0.119 e. The van der Waals surface area contributed by atoms with Gasteiger partial charge in [-0.2, -0.15) is 0 Å². The molecule has 1 aromatic rings. The highest BCUT2D eigenvalue weighted by atomic mass is 16.5. The molecule has 0 unspecified atom stereocenters. The molecule has 3 nitrogen and oxygen atoms in total. The molecule has 18 heavy (non-hydrogen) atoms. The number of hydrogen-bond donors (Lipinski definition) is 1. The summed E-state index contributed by atoms with van der Waals surface area (Å²) < 4.78 is 10.8. The molecule has 2 rings (SSSR count). The SMILES string of the molecule is COCCNCc1cccc(OCC2CCC2)c1. The number of ether oxygens (including phenoxy) is 2. The Hall–Kier alpha value is -1.06. The second-order valence-corrected chi connectivity index (χ2v) is 4.92. The van der Waals surface area contributed by atoms with Gasteiger partial charge in [-0.15, -0.1) is 0 Å². The van der Waals surface area contributed by atoms with E-state index in [1.54, 1.807) is 7.11 Å². The molecular formula is C15H23NO2. The molecule has 0 radical (unpaired) electrons. The third-order valence-electron chi connectivity index (χ3n) is 3.42. The highest BCUT2D eigenvalue weighted by molar-refractivity contribution is 5.28. The van der Waals surface area contributed by atoms with Crippen molar-refractivity contribution < 1.29 is 9.47 Å². The van der Waals surface area contributed by atoms with Crippen LogP contribution in [-0.4, -0.2) is 26.9 Å². The third kappa shape index (κ3) is 4.31. The zero-order valence-electron chi connectivity index (χ0n) is 11.2. The number of benzene rings is 1. The Kier molecular flexibility index (Phi) is 5.49. The van der Waals surface area contributed by atoms with Crippen molar-refractivity contribution in [1.29, 1.82) is 0 Å². The van der Waals surface area contributed by atoms with E-state index in [4.69, 9.17) is 9.47 Å². The molecule has 0 amide bonds. The molecule has 0 saturated heterocycles. The zero-order chi connectivity index (χ0) is 12.6. The van der Waals surface area contributed by atoms with E-state index in [1.807, 2.05) is 6.07 Å². The van der Waals surface area contributed by atoms with Crippen LogP contribution in [0, 0.1) is 5.92 Å². The van der Waals surface area contributed by atoms with Gasteiger partial charge in [-0.05, 0) is 36.5 Å². The average Bonchev–Trinajstić information content (AvgIpc) is 2.33. The average molecular weight is 249 g/mol. The minimum atomic E-state index is 0.748. The first kappa shape index (κ1) is 13.4. The van der Waals surface area contributed by atoms with E-state index < -0.39 is 0 Å². The standard InChI is InChI=1S/C15H23NO2/c1-17-9-8-16-11-14-6-3-7-15(10-14)18-12-13-4-2-5-13/h3,6-7,10,13,16H,2,4-5,8-9,11-12H2,1H3. The summed E-state index contributed by atoms with van der Waals surface area (Å²) in [6, 6.07) is 8.34. The Labute approximate surface area is 109 Å². The van der Waals surface area contributed by atoms with E-state index in [0.717, 1.165) is 38.0 Å². The van der Waals surface area contributed by atoms with Crippen LogP contribution in [0.2, 0.25) is 0 Å². The lowest BCUT2D eigenvalue weighted by Gasteiger charge is -2.25. The maximum atomic E-state index is 5.83. The van der Waals surface area contributed by atoms with Gasteiger partial charge in [0.1, 0.15) is 5.75 Å². The third-order valence-corrected chi connectivity index (χ3v) is 3.42. The van der Waals surface area contributed by atoms with Crippen molar-refractivity contribution in [2.45, 2.75) is 25.8 Å². The van der Waals surface area contributed by atoms with E-state index >= 15 is 0 Å². The Balaban J connectivity index is 1.73. The van der Waals surface area contributed by atoms with Crippen LogP contribution >= 0.6 is 0 Å². The fourth-order valence-corrected chi connectivity index (χ4v) is 2.03. The summed E-state index contributed by atoms with van der Waals surface area (Å²) in [6.07, 6.45) is 4.04. The summed E-state index contributed by atoms with van der Waals surface area (Å²) >= 11 is 0. The Morgan fingerprint density at radius 1 is 1.33 bits per heavy atom. The second-order valence-electron chi connectivity index (χ2n) is 4.92. The second kappa shape index (κ2) is 7.39. The number of methoxy groups -OCH3 is 1. The lowest BCUT2D eigenvalue weighted by Crippen LogP contribution is -2.20. The van der Waals surface area contributed by atoms with E-state index in [1.165, 1.54) is 24.8 Å².